The van der Waals surface area contributed by atoms with Gasteiger partial charge in [-0.3, -0.25) is 0 Å². The second kappa shape index (κ2) is 4.53. The third kappa shape index (κ3) is 3.90. The van der Waals surface area contributed by atoms with Crippen molar-refractivity contribution in [3.8, 4) is 0 Å². The molecule has 14 heavy (non-hydrogen) atoms. The van der Waals surface area contributed by atoms with E-state index in [2.05, 4.69) is 6.58 Å². The van der Waals surface area contributed by atoms with Crippen molar-refractivity contribution in [3.05, 3.63) is 12.3 Å². The van der Waals surface area contributed by atoms with Crippen LogP contribution in [0.25, 0.3) is 0 Å². The molecule has 1 heterocycles. The van der Waals surface area contributed by atoms with Crippen LogP contribution in [0.1, 0.15) is 0 Å². The number of rotatable bonds is 1. The molecule has 0 amide bonds. The predicted octanol–water partition coefficient (Wildman–Crippen LogP) is 1.22. The van der Waals surface area contributed by atoms with Gasteiger partial charge in [-0.05, 0) is 31.9 Å². The highest BCUT2D eigenvalue weighted by molar-refractivity contribution is 6.85. The maximum absolute atomic E-state index is 5.94. The summed E-state index contributed by atoms with van der Waals surface area (Å²) < 4.78 is 22.8. The Kier molecular flexibility index (Phi) is 4.05. The number of hydrogen-bond donors (Lipinski definition) is 0. The Morgan fingerprint density at radius 1 is 1.21 bits per heavy atom. The standard InChI is InChI=1S/C6H15O4Si4/c1-6-12-7-11-8-13(2,3)10-14(4,5)9-12/h6H,1H2,2-5H3. The van der Waals surface area contributed by atoms with Gasteiger partial charge in [-0.2, -0.15) is 0 Å². The Bertz CT molecular complexity index is 220. The molecule has 0 spiro atoms. The maximum Gasteiger partial charge on any atom is 0.413 e. The topological polar surface area (TPSA) is 36.9 Å². The lowest BCUT2D eigenvalue weighted by Gasteiger charge is -2.36. The van der Waals surface area contributed by atoms with Gasteiger partial charge in [-0.25, -0.2) is 0 Å². The van der Waals surface area contributed by atoms with E-state index in [1.165, 1.54) is 0 Å². The van der Waals surface area contributed by atoms with Crippen molar-refractivity contribution < 1.29 is 16.5 Å². The Balaban J connectivity index is 2.70. The maximum atomic E-state index is 5.94. The van der Waals surface area contributed by atoms with Crippen LogP contribution in [0.5, 0.6) is 0 Å². The van der Waals surface area contributed by atoms with Crippen molar-refractivity contribution in [2.75, 3.05) is 0 Å². The molecule has 0 aromatic rings. The zero-order valence-electron chi connectivity index (χ0n) is 8.92. The van der Waals surface area contributed by atoms with Gasteiger partial charge in [0, 0.05) is 0 Å². The highest BCUT2D eigenvalue weighted by Gasteiger charge is 2.41. The lowest BCUT2D eigenvalue weighted by atomic mass is 11.3. The summed E-state index contributed by atoms with van der Waals surface area (Å²) in [6.07, 6.45) is 0. The molecule has 1 aliphatic rings. The largest absolute Gasteiger partial charge is 0.416 e. The fraction of sp³-hybridized carbons (Fsp3) is 0.667. The fourth-order valence-corrected chi connectivity index (χ4v) is 11.8. The first-order chi connectivity index (χ1) is 6.35. The SMILES string of the molecule is C=C[Si]1O[Si]O[Si](C)(C)O[Si](C)(C)O1. The molecule has 1 fully saturated rings. The van der Waals surface area contributed by atoms with Gasteiger partial charge in [0.05, 0.1) is 0 Å². The summed E-state index contributed by atoms with van der Waals surface area (Å²) in [4.78, 5) is 0. The van der Waals surface area contributed by atoms with Crippen LogP contribution in [0.3, 0.4) is 0 Å². The molecule has 4 nitrogen and oxygen atoms in total. The minimum Gasteiger partial charge on any atom is -0.416 e. The molecule has 3 radical (unpaired) electrons. The van der Waals surface area contributed by atoms with Crippen molar-refractivity contribution in [1.29, 1.82) is 0 Å². The Morgan fingerprint density at radius 2 is 1.86 bits per heavy atom. The fourth-order valence-electron chi connectivity index (χ4n) is 1.14. The second-order valence-corrected chi connectivity index (χ2v) is 13.9. The van der Waals surface area contributed by atoms with Gasteiger partial charge in [-0.15, -0.1) is 6.58 Å². The van der Waals surface area contributed by atoms with E-state index in [-0.39, 0.29) is 10.0 Å². The smallest absolute Gasteiger partial charge is 0.413 e. The van der Waals surface area contributed by atoms with Crippen molar-refractivity contribution in [2.45, 2.75) is 26.2 Å². The van der Waals surface area contributed by atoms with Crippen molar-refractivity contribution in [3.63, 3.8) is 0 Å². The molecule has 79 valence electrons. The van der Waals surface area contributed by atoms with Gasteiger partial charge in [0.15, 0.2) is 0 Å². The molecule has 0 saturated carbocycles. The molecule has 0 bridgehead atoms. The van der Waals surface area contributed by atoms with E-state index in [0.717, 1.165) is 0 Å². The molecule has 0 N–H and O–H groups in total. The number of hydrogen-bond acceptors (Lipinski definition) is 4. The van der Waals surface area contributed by atoms with Crippen LogP contribution in [-0.4, -0.2) is 36.4 Å². The predicted molar refractivity (Wildman–Crippen MR) is 61.0 cm³/mol. The first kappa shape index (κ1) is 12.5. The molecule has 1 aliphatic heterocycles. The van der Waals surface area contributed by atoms with Crippen molar-refractivity contribution >= 4 is 36.4 Å². The second-order valence-electron chi connectivity index (χ2n) is 3.81. The lowest BCUT2D eigenvalue weighted by Crippen LogP contribution is -2.54. The Morgan fingerprint density at radius 3 is 2.43 bits per heavy atom. The first-order valence-corrected chi connectivity index (χ1v) is 12.2. The average Bonchev–Trinajstić information content (AvgIpc) is 1.97. The van der Waals surface area contributed by atoms with E-state index in [9.17, 15) is 0 Å². The molecular weight excluding hydrogens is 248 g/mol. The van der Waals surface area contributed by atoms with E-state index in [1.807, 2.05) is 26.2 Å². The van der Waals surface area contributed by atoms with Gasteiger partial charge in [0.25, 0.3) is 0 Å². The van der Waals surface area contributed by atoms with Crippen LogP contribution in [0.2, 0.25) is 26.2 Å². The van der Waals surface area contributed by atoms with E-state index in [1.54, 1.807) is 5.70 Å². The molecule has 1 rings (SSSR count). The molecule has 0 atom stereocenters. The quantitative estimate of drug-likeness (QED) is 0.667. The van der Waals surface area contributed by atoms with Crippen LogP contribution in [0, 0.1) is 0 Å². The third-order valence-electron chi connectivity index (χ3n) is 1.43. The summed E-state index contributed by atoms with van der Waals surface area (Å²) in [5.41, 5.74) is 1.72. The van der Waals surface area contributed by atoms with E-state index in [4.69, 9.17) is 16.5 Å². The van der Waals surface area contributed by atoms with Crippen LogP contribution in [-0.2, 0) is 16.5 Å². The first-order valence-electron chi connectivity index (χ1n) is 4.33. The van der Waals surface area contributed by atoms with E-state index >= 15 is 0 Å². The highest BCUT2D eigenvalue weighted by Crippen LogP contribution is 2.19. The monoisotopic (exact) mass is 263 g/mol. The molecule has 1 saturated heterocycles. The van der Waals surface area contributed by atoms with Crippen LogP contribution in [0.4, 0.5) is 0 Å². The van der Waals surface area contributed by atoms with Crippen LogP contribution < -0.4 is 0 Å². The van der Waals surface area contributed by atoms with Crippen molar-refractivity contribution in [1.82, 2.24) is 0 Å². The normalized spacial score (nSPS) is 27.7. The molecule has 0 aromatic heterocycles. The molecular formula is C6H15O4Si4. The van der Waals surface area contributed by atoms with Crippen molar-refractivity contribution in [2.24, 2.45) is 0 Å². The molecule has 0 unspecified atom stereocenters. The zero-order valence-corrected chi connectivity index (χ0v) is 12.9. The summed E-state index contributed by atoms with van der Waals surface area (Å²) >= 11 is 0. The van der Waals surface area contributed by atoms with Gasteiger partial charge in [0.2, 0.25) is 0 Å². The summed E-state index contributed by atoms with van der Waals surface area (Å²) in [5, 5.41) is 0. The van der Waals surface area contributed by atoms with E-state index in [0.29, 0.717) is 0 Å². The lowest BCUT2D eigenvalue weighted by molar-refractivity contribution is 0.278. The van der Waals surface area contributed by atoms with Gasteiger partial charge in [0.1, 0.15) is 0 Å². The molecule has 0 aliphatic carbocycles. The third-order valence-corrected chi connectivity index (χ3v) is 11.9. The molecule has 8 heteroatoms. The summed E-state index contributed by atoms with van der Waals surface area (Å²) in [6.45, 7) is 11.7. The van der Waals surface area contributed by atoms with Gasteiger partial charge < -0.3 is 16.5 Å². The van der Waals surface area contributed by atoms with Crippen LogP contribution in [0.15, 0.2) is 12.3 Å². The van der Waals surface area contributed by atoms with Gasteiger partial charge >= 0.3 is 36.4 Å². The Labute approximate surface area is 91.6 Å². The van der Waals surface area contributed by atoms with Gasteiger partial charge in [-0.1, -0.05) is 0 Å². The summed E-state index contributed by atoms with van der Waals surface area (Å²) in [7, 11) is -5.53. The average molecular weight is 264 g/mol. The molecule has 0 aromatic carbocycles. The highest BCUT2D eigenvalue weighted by atomic mass is 28.5. The zero-order chi connectivity index (χ0) is 10.8. The Hall–Kier alpha value is 0.448. The minimum atomic E-state index is -2.10. The summed E-state index contributed by atoms with van der Waals surface area (Å²) in [6, 6.07) is 0. The van der Waals surface area contributed by atoms with Crippen LogP contribution >= 0.6 is 0 Å². The minimum absolute atomic E-state index is 0.0128. The summed E-state index contributed by atoms with van der Waals surface area (Å²) in [5.74, 6) is 0. The van der Waals surface area contributed by atoms with E-state index < -0.39 is 26.4 Å².